The smallest absolute Gasteiger partial charge is 0.0826 e. The molecule has 2 atom stereocenters. The number of hydrogen-bond acceptors (Lipinski definition) is 3. The lowest BCUT2D eigenvalue weighted by molar-refractivity contribution is -0.0705. The second-order valence-electron chi connectivity index (χ2n) is 4.06. The van der Waals surface area contributed by atoms with E-state index >= 15 is 0 Å². The van der Waals surface area contributed by atoms with Gasteiger partial charge in [-0.25, -0.2) is 0 Å². The van der Waals surface area contributed by atoms with Crippen molar-refractivity contribution < 1.29 is 9.47 Å². The molecule has 0 rings (SSSR count). The summed E-state index contributed by atoms with van der Waals surface area (Å²) in [5, 5.41) is 3.50. The first-order valence-electron chi connectivity index (χ1n) is 6.00. The Kier molecular flexibility index (Phi) is 8.02. The van der Waals surface area contributed by atoms with Gasteiger partial charge >= 0.3 is 0 Å². The molecule has 0 amide bonds. The van der Waals surface area contributed by atoms with Crippen LogP contribution in [0, 0.1) is 0 Å². The molecular formula is C12H27NO2. The van der Waals surface area contributed by atoms with E-state index in [1.165, 1.54) is 0 Å². The molecule has 0 aromatic carbocycles. The molecule has 92 valence electrons. The van der Waals surface area contributed by atoms with E-state index in [9.17, 15) is 0 Å². The third-order valence-electron chi connectivity index (χ3n) is 2.89. The third-order valence-corrected chi connectivity index (χ3v) is 2.89. The van der Waals surface area contributed by atoms with Crippen LogP contribution in [0.1, 0.15) is 40.5 Å². The quantitative estimate of drug-likeness (QED) is 0.642. The molecule has 0 saturated carbocycles. The van der Waals surface area contributed by atoms with Gasteiger partial charge in [-0.1, -0.05) is 13.8 Å². The zero-order chi connectivity index (χ0) is 11.7. The van der Waals surface area contributed by atoms with Crippen LogP contribution in [0.4, 0.5) is 0 Å². The van der Waals surface area contributed by atoms with Crippen molar-refractivity contribution in [2.45, 2.75) is 52.2 Å². The second-order valence-corrected chi connectivity index (χ2v) is 4.06. The Hall–Kier alpha value is -0.120. The van der Waals surface area contributed by atoms with Gasteiger partial charge in [0.05, 0.1) is 18.2 Å². The predicted octanol–water partition coefficient (Wildman–Crippen LogP) is 2.21. The summed E-state index contributed by atoms with van der Waals surface area (Å²) in [6.07, 6.45) is 2.12. The Morgan fingerprint density at radius 2 is 1.93 bits per heavy atom. The maximum atomic E-state index is 5.85. The van der Waals surface area contributed by atoms with Crippen molar-refractivity contribution in [1.82, 2.24) is 5.32 Å². The molecule has 2 unspecified atom stereocenters. The Morgan fingerprint density at radius 3 is 2.33 bits per heavy atom. The van der Waals surface area contributed by atoms with Gasteiger partial charge in [0.25, 0.3) is 0 Å². The molecule has 0 radical (unpaired) electrons. The van der Waals surface area contributed by atoms with Gasteiger partial charge in [0, 0.05) is 13.7 Å². The van der Waals surface area contributed by atoms with Crippen molar-refractivity contribution in [3.63, 3.8) is 0 Å². The molecule has 0 aromatic heterocycles. The molecular weight excluding hydrogens is 190 g/mol. The summed E-state index contributed by atoms with van der Waals surface area (Å²) >= 11 is 0. The van der Waals surface area contributed by atoms with Gasteiger partial charge in [-0.15, -0.1) is 0 Å². The topological polar surface area (TPSA) is 30.5 Å². The Labute approximate surface area is 94.5 Å². The van der Waals surface area contributed by atoms with Crippen LogP contribution in [0.2, 0.25) is 0 Å². The Bertz CT molecular complexity index is 153. The fourth-order valence-corrected chi connectivity index (χ4v) is 1.72. The van der Waals surface area contributed by atoms with E-state index < -0.39 is 0 Å². The van der Waals surface area contributed by atoms with Crippen molar-refractivity contribution in [1.29, 1.82) is 0 Å². The summed E-state index contributed by atoms with van der Waals surface area (Å²) < 4.78 is 11.1. The minimum absolute atomic E-state index is 0.125. The van der Waals surface area contributed by atoms with Crippen LogP contribution in [0.3, 0.4) is 0 Å². The van der Waals surface area contributed by atoms with E-state index in [1.54, 1.807) is 7.11 Å². The number of hydrogen-bond donors (Lipinski definition) is 1. The van der Waals surface area contributed by atoms with Crippen molar-refractivity contribution in [2.75, 3.05) is 26.9 Å². The molecule has 0 heterocycles. The van der Waals surface area contributed by atoms with Crippen LogP contribution in [0.15, 0.2) is 0 Å². The molecule has 0 fully saturated rings. The van der Waals surface area contributed by atoms with Crippen molar-refractivity contribution in [3.8, 4) is 0 Å². The molecule has 1 N–H and O–H groups in total. The van der Waals surface area contributed by atoms with Gasteiger partial charge in [-0.3, -0.25) is 0 Å². The van der Waals surface area contributed by atoms with Crippen LogP contribution in [0.25, 0.3) is 0 Å². The van der Waals surface area contributed by atoms with E-state index in [4.69, 9.17) is 9.47 Å². The number of nitrogens with one attached hydrogen (secondary N) is 1. The Balaban J connectivity index is 4.37. The first kappa shape index (κ1) is 14.9. The maximum Gasteiger partial charge on any atom is 0.0826 e. The fraction of sp³-hybridized carbons (Fsp3) is 1.00. The highest BCUT2D eigenvalue weighted by molar-refractivity contribution is 4.88. The highest BCUT2D eigenvalue weighted by Gasteiger charge is 2.32. The predicted molar refractivity (Wildman–Crippen MR) is 64.3 cm³/mol. The lowest BCUT2D eigenvalue weighted by Crippen LogP contribution is -2.53. The van der Waals surface area contributed by atoms with Gasteiger partial charge in [0.15, 0.2) is 0 Å². The third kappa shape index (κ3) is 4.96. The summed E-state index contributed by atoms with van der Waals surface area (Å²) in [6, 6.07) is 0.271. The summed E-state index contributed by atoms with van der Waals surface area (Å²) in [4.78, 5) is 0. The molecule has 0 aliphatic carbocycles. The molecule has 0 aromatic rings. The first-order valence-corrected chi connectivity index (χ1v) is 6.00. The summed E-state index contributed by atoms with van der Waals surface area (Å²) in [7, 11) is 1.74. The van der Waals surface area contributed by atoms with E-state index in [2.05, 4.69) is 26.1 Å². The number of rotatable bonds is 9. The van der Waals surface area contributed by atoms with Crippen LogP contribution in [0.5, 0.6) is 0 Å². The molecule has 3 heteroatoms. The molecule has 0 aliphatic rings. The second kappa shape index (κ2) is 8.08. The van der Waals surface area contributed by atoms with Gasteiger partial charge < -0.3 is 14.8 Å². The SMILES string of the molecule is CCCNC(COC)C(C)(CC)OCC. The maximum absolute atomic E-state index is 5.85. The minimum Gasteiger partial charge on any atom is -0.383 e. The summed E-state index contributed by atoms with van der Waals surface area (Å²) in [6.45, 7) is 11.0. The Morgan fingerprint density at radius 1 is 1.27 bits per heavy atom. The van der Waals surface area contributed by atoms with Crippen molar-refractivity contribution >= 4 is 0 Å². The molecule has 15 heavy (non-hydrogen) atoms. The van der Waals surface area contributed by atoms with E-state index in [-0.39, 0.29) is 11.6 Å². The largest absolute Gasteiger partial charge is 0.383 e. The van der Waals surface area contributed by atoms with Crippen LogP contribution >= 0.6 is 0 Å². The summed E-state index contributed by atoms with van der Waals surface area (Å²) in [5.74, 6) is 0. The van der Waals surface area contributed by atoms with Crippen LogP contribution < -0.4 is 5.32 Å². The standard InChI is InChI=1S/C12H27NO2/c1-6-9-13-11(10-14-5)12(4,7-2)15-8-3/h11,13H,6-10H2,1-5H3. The average Bonchev–Trinajstić information content (AvgIpc) is 2.24. The van der Waals surface area contributed by atoms with Crippen molar-refractivity contribution in [2.24, 2.45) is 0 Å². The molecule has 0 bridgehead atoms. The monoisotopic (exact) mass is 217 g/mol. The van der Waals surface area contributed by atoms with Crippen LogP contribution in [-0.2, 0) is 9.47 Å². The van der Waals surface area contributed by atoms with Gasteiger partial charge in [-0.05, 0) is 33.2 Å². The lowest BCUT2D eigenvalue weighted by Gasteiger charge is -2.37. The fourth-order valence-electron chi connectivity index (χ4n) is 1.72. The van der Waals surface area contributed by atoms with E-state index in [0.29, 0.717) is 6.61 Å². The molecule has 0 aliphatic heterocycles. The molecule has 3 nitrogen and oxygen atoms in total. The summed E-state index contributed by atoms with van der Waals surface area (Å²) in [5.41, 5.74) is -0.125. The highest BCUT2D eigenvalue weighted by Crippen LogP contribution is 2.20. The average molecular weight is 217 g/mol. The van der Waals surface area contributed by atoms with Crippen LogP contribution in [-0.4, -0.2) is 38.5 Å². The zero-order valence-electron chi connectivity index (χ0n) is 10.9. The first-order chi connectivity index (χ1) is 7.14. The number of methoxy groups -OCH3 is 1. The normalized spacial score (nSPS) is 17.4. The number of ether oxygens (including phenoxy) is 2. The zero-order valence-corrected chi connectivity index (χ0v) is 10.9. The van der Waals surface area contributed by atoms with E-state index in [0.717, 1.165) is 26.0 Å². The minimum atomic E-state index is -0.125. The van der Waals surface area contributed by atoms with Crippen molar-refractivity contribution in [3.05, 3.63) is 0 Å². The van der Waals surface area contributed by atoms with Gasteiger partial charge in [0.2, 0.25) is 0 Å². The van der Waals surface area contributed by atoms with E-state index in [1.807, 2.05) is 6.92 Å². The molecule has 0 saturated heterocycles. The van der Waals surface area contributed by atoms with Gasteiger partial charge in [-0.2, -0.15) is 0 Å². The molecule has 0 spiro atoms. The van der Waals surface area contributed by atoms with Gasteiger partial charge in [0.1, 0.15) is 0 Å². The lowest BCUT2D eigenvalue weighted by atomic mass is 9.93. The highest BCUT2D eigenvalue weighted by atomic mass is 16.5.